The van der Waals surface area contributed by atoms with Crippen LogP contribution in [0.1, 0.15) is 43.9 Å². The fourth-order valence-electron chi connectivity index (χ4n) is 3.72. The van der Waals surface area contributed by atoms with E-state index in [0.717, 1.165) is 29.5 Å². The number of hydrogen-bond acceptors (Lipinski definition) is 5. The molecule has 0 spiro atoms. The second-order valence-electron chi connectivity index (χ2n) is 9.36. The molecule has 0 radical (unpaired) electrons. The van der Waals surface area contributed by atoms with Crippen molar-refractivity contribution in [3.8, 4) is 16.9 Å². The first kappa shape index (κ1) is 25.7. The number of phenols is 1. The van der Waals surface area contributed by atoms with E-state index in [2.05, 4.69) is 29.7 Å². The average Bonchev–Trinajstić information content (AvgIpc) is 2.80. The largest absolute Gasteiger partial charge is 0.505 e. The number of rotatable bonds is 9. The molecule has 182 valence electrons. The minimum Gasteiger partial charge on any atom is -0.505 e. The summed E-state index contributed by atoms with van der Waals surface area (Å²) in [5.74, 6) is 0.173. The Labute approximate surface area is 207 Å². The fourth-order valence-corrected chi connectivity index (χ4v) is 3.72. The van der Waals surface area contributed by atoms with Crippen LogP contribution in [0.3, 0.4) is 0 Å². The van der Waals surface area contributed by atoms with Crippen molar-refractivity contribution in [3.05, 3.63) is 77.4 Å². The Bertz CT molecular complexity index is 1240. The van der Waals surface area contributed by atoms with Crippen LogP contribution in [0.4, 0.5) is 11.4 Å². The molecule has 3 aromatic carbocycles. The molecule has 35 heavy (non-hydrogen) atoms. The van der Waals surface area contributed by atoms with Gasteiger partial charge in [-0.15, -0.1) is 0 Å². The molecule has 3 rings (SSSR count). The Morgan fingerprint density at radius 1 is 1.03 bits per heavy atom. The Balaban J connectivity index is 1.79. The SMILES string of the molecule is CC(=N)/C(=N/Nc1cc(C)cc(-c2cccc(C)c2)c1O)C(=O)Nc1ccc(CCC(C)C)cc1. The summed E-state index contributed by atoms with van der Waals surface area (Å²) >= 11 is 0. The summed E-state index contributed by atoms with van der Waals surface area (Å²) in [6, 6.07) is 19.2. The molecule has 0 aromatic heterocycles. The number of phenolic OH excluding ortho intramolecular Hbond substituents is 1. The molecule has 0 saturated carbocycles. The number of amides is 1. The molecule has 0 aliphatic carbocycles. The van der Waals surface area contributed by atoms with E-state index in [9.17, 15) is 9.90 Å². The maximum Gasteiger partial charge on any atom is 0.277 e. The number of nitrogens with zero attached hydrogens (tertiary/aromatic N) is 1. The summed E-state index contributed by atoms with van der Waals surface area (Å²) < 4.78 is 0. The molecule has 4 N–H and O–H groups in total. The zero-order valence-corrected chi connectivity index (χ0v) is 21.1. The Hall–Kier alpha value is -3.93. The number of aromatic hydroxyl groups is 1. The molecule has 0 bridgehead atoms. The summed E-state index contributed by atoms with van der Waals surface area (Å²) in [5, 5.41) is 25.9. The topological polar surface area (TPSA) is 97.6 Å². The standard InChI is InChI=1S/C29H34N4O2/c1-18(2)9-10-22-11-13-24(14-12-22)31-29(35)27(21(5)30)33-32-26-17-20(4)16-25(28(26)34)23-8-6-7-19(3)15-23/h6-8,11-18,30,32,34H,9-10H2,1-5H3,(H,31,35)/b30-21?,33-27-. The maximum absolute atomic E-state index is 12.9. The quantitative estimate of drug-likeness (QED) is 0.159. The van der Waals surface area contributed by atoms with E-state index in [1.807, 2.05) is 68.4 Å². The van der Waals surface area contributed by atoms with Crippen molar-refractivity contribution in [1.29, 1.82) is 5.41 Å². The van der Waals surface area contributed by atoms with E-state index in [1.165, 1.54) is 12.5 Å². The van der Waals surface area contributed by atoms with Gasteiger partial charge in [0, 0.05) is 11.3 Å². The molecule has 6 nitrogen and oxygen atoms in total. The Morgan fingerprint density at radius 3 is 2.37 bits per heavy atom. The van der Waals surface area contributed by atoms with Crippen LogP contribution in [-0.2, 0) is 11.2 Å². The van der Waals surface area contributed by atoms with Gasteiger partial charge < -0.3 is 15.8 Å². The van der Waals surface area contributed by atoms with Crippen molar-refractivity contribution in [2.75, 3.05) is 10.7 Å². The molecule has 0 saturated heterocycles. The maximum atomic E-state index is 12.9. The highest BCUT2D eigenvalue weighted by Gasteiger charge is 2.16. The predicted molar refractivity (Wildman–Crippen MR) is 146 cm³/mol. The van der Waals surface area contributed by atoms with Crippen molar-refractivity contribution in [3.63, 3.8) is 0 Å². The summed E-state index contributed by atoms with van der Waals surface area (Å²) in [6.07, 6.45) is 2.10. The molecule has 0 unspecified atom stereocenters. The van der Waals surface area contributed by atoms with E-state index < -0.39 is 5.91 Å². The van der Waals surface area contributed by atoms with Crippen LogP contribution in [-0.4, -0.2) is 22.4 Å². The van der Waals surface area contributed by atoms with E-state index in [4.69, 9.17) is 5.41 Å². The van der Waals surface area contributed by atoms with Crippen LogP contribution < -0.4 is 10.7 Å². The van der Waals surface area contributed by atoms with Crippen molar-refractivity contribution >= 4 is 28.7 Å². The third kappa shape index (κ3) is 7.03. The van der Waals surface area contributed by atoms with Gasteiger partial charge in [0.25, 0.3) is 5.91 Å². The molecule has 0 aliphatic rings. The number of hydrazone groups is 1. The first-order valence-electron chi connectivity index (χ1n) is 11.8. The van der Waals surface area contributed by atoms with Crippen molar-refractivity contribution in [2.24, 2.45) is 11.0 Å². The van der Waals surface area contributed by atoms with Gasteiger partial charge in [0.1, 0.15) is 5.75 Å². The number of nitrogens with one attached hydrogen (secondary N) is 3. The fraction of sp³-hybridized carbons (Fsp3) is 0.276. The second kappa shape index (κ2) is 11.5. The van der Waals surface area contributed by atoms with Gasteiger partial charge in [-0.25, -0.2) is 0 Å². The molecule has 0 fully saturated rings. The number of aryl methyl sites for hydroxylation is 3. The summed E-state index contributed by atoms with van der Waals surface area (Å²) in [4.78, 5) is 12.9. The first-order chi connectivity index (χ1) is 16.6. The highest BCUT2D eigenvalue weighted by molar-refractivity contribution is 6.67. The summed E-state index contributed by atoms with van der Waals surface area (Å²) in [6.45, 7) is 9.82. The Kier molecular flexibility index (Phi) is 8.42. The van der Waals surface area contributed by atoms with Crippen LogP contribution in [0.5, 0.6) is 5.75 Å². The molecule has 0 heterocycles. The lowest BCUT2D eigenvalue weighted by molar-refractivity contribution is -0.110. The van der Waals surface area contributed by atoms with Gasteiger partial charge >= 0.3 is 0 Å². The van der Waals surface area contributed by atoms with Crippen LogP contribution in [0, 0.1) is 25.2 Å². The van der Waals surface area contributed by atoms with Crippen LogP contribution in [0.2, 0.25) is 0 Å². The highest BCUT2D eigenvalue weighted by atomic mass is 16.3. The van der Waals surface area contributed by atoms with Crippen LogP contribution in [0.15, 0.2) is 65.8 Å². The number of anilines is 2. The van der Waals surface area contributed by atoms with E-state index in [1.54, 1.807) is 6.07 Å². The predicted octanol–water partition coefficient (Wildman–Crippen LogP) is 6.71. The van der Waals surface area contributed by atoms with E-state index in [0.29, 0.717) is 22.9 Å². The number of hydrogen-bond donors (Lipinski definition) is 4. The van der Waals surface area contributed by atoms with Gasteiger partial charge in [-0.1, -0.05) is 55.8 Å². The second-order valence-corrected chi connectivity index (χ2v) is 9.36. The lowest BCUT2D eigenvalue weighted by Gasteiger charge is -2.13. The van der Waals surface area contributed by atoms with Gasteiger partial charge in [-0.2, -0.15) is 5.10 Å². The van der Waals surface area contributed by atoms with Crippen molar-refractivity contribution in [1.82, 2.24) is 0 Å². The van der Waals surface area contributed by atoms with E-state index in [-0.39, 0.29) is 17.2 Å². The van der Waals surface area contributed by atoms with E-state index >= 15 is 0 Å². The molecule has 0 aliphatic heterocycles. The first-order valence-corrected chi connectivity index (χ1v) is 11.8. The molecule has 6 heteroatoms. The monoisotopic (exact) mass is 470 g/mol. The molecular formula is C29H34N4O2. The molecule has 1 amide bonds. The van der Waals surface area contributed by atoms with Gasteiger partial charge in [-0.05, 0) is 80.5 Å². The zero-order chi connectivity index (χ0) is 25.5. The molecular weight excluding hydrogens is 436 g/mol. The number of benzene rings is 3. The zero-order valence-electron chi connectivity index (χ0n) is 21.1. The van der Waals surface area contributed by atoms with Crippen LogP contribution in [0.25, 0.3) is 11.1 Å². The smallest absolute Gasteiger partial charge is 0.277 e. The highest BCUT2D eigenvalue weighted by Crippen LogP contribution is 2.37. The number of carbonyl (C=O) groups is 1. The Morgan fingerprint density at radius 2 is 1.74 bits per heavy atom. The number of carbonyl (C=O) groups excluding carboxylic acids is 1. The van der Waals surface area contributed by atoms with Gasteiger partial charge in [0.2, 0.25) is 0 Å². The third-order valence-electron chi connectivity index (χ3n) is 5.66. The van der Waals surface area contributed by atoms with Crippen molar-refractivity contribution < 1.29 is 9.90 Å². The minimum absolute atomic E-state index is 0.00889. The van der Waals surface area contributed by atoms with Crippen LogP contribution >= 0.6 is 0 Å². The lowest BCUT2D eigenvalue weighted by Crippen LogP contribution is -2.29. The normalized spacial score (nSPS) is 11.4. The van der Waals surface area contributed by atoms with Gasteiger partial charge in [-0.3, -0.25) is 10.2 Å². The summed E-state index contributed by atoms with van der Waals surface area (Å²) in [5.41, 5.74) is 8.52. The minimum atomic E-state index is -0.494. The lowest BCUT2D eigenvalue weighted by atomic mass is 10.00. The average molecular weight is 471 g/mol. The molecule has 0 atom stereocenters. The van der Waals surface area contributed by atoms with Crippen molar-refractivity contribution in [2.45, 2.75) is 47.5 Å². The van der Waals surface area contributed by atoms with Gasteiger partial charge in [0.05, 0.1) is 11.4 Å². The molecule has 3 aromatic rings. The summed E-state index contributed by atoms with van der Waals surface area (Å²) in [7, 11) is 0. The third-order valence-corrected chi connectivity index (χ3v) is 5.66. The van der Waals surface area contributed by atoms with Gasteiger partial charge in [0.15, 0.2) is 5.71 Å².